The monoisotopic (exact) mass is 470 g/mol. The second kappa shape index (κ2) is 9.53. The summed E-state index contributed by atoms with van der Waals surface area (Å²) in [6.45, 7) is 0.395. The van der Waals surface area contributed by atoms with E-state index in [1.54, 1.807) is 0 Å². The molecule has 4 aromatic rings. The number of ether oxygens (including phenoxy) is 1. The third-order valence-corrected chi connectivity index (χ3v) is 6.31. The van der Waals surface area contributed by atoms with Crippen LogP contribution >= 0.6 is 23.4 Å². The number of hydrogen-bond donors (Lipinski definition) is 1. The molecule has 5 rings (SSSR count). The molecule has 4 aromatic carbocycles. The number of halogens is 1. The first-order valence-electron chi connectivity index (χ1n) is 10.4. The summed E-state index contributed by atoms with van der Waals surface area (Å²) in [4.78, 5) is 17.8. The lowest BCUT2D eigenvalue weighted by molar-refractivity contribution is -0.115. The lowest BCUT2D eigenvalue weighted by Gasteiger charge is -2.13. The van der Waals surface area contributed by atoms with E-state index in [1.807, 2.05) is 97.1 Å². The van der Waals surface area contributed by atoms with Gasteiger partial charge in [-0.2, -0.15) is 0 Å². The van der Waals surface area contributed by atoms with Gasteiger partial charge in [0.25, 0.3) is 5.91 Å². The van der Waals surface area contributed by atoms with Crippen LogP contribution in [-0.4, -0.2) is 11.1 Å². The standard InChI is InChI=1S/C27H19ClN2O2S/c28-20-13-10-18(11-14-20)17-32-24-15-12-19-6-4-5-9-22(19)23(24)16-25-26(31)30-27(33-25)29-21-7-2-1-3-8-21/h1-16H,17H2,(H,29,30,31)/b25-16-. The predicted octanol–water partition coefficient (Wildman–Crippen LogP) is 6.96. The van der Waals surface area contributed by atoms with Crippen molar-refractivity contribution in [3.8, 4) is 5.75 Å². The average Bonchev–Trinajstić information content (AvgIpc) is 3.18. The van der Waals surface area contributed by atoms with Crippen molar-refractivity contribution >= 4 is 57.0 Å². The SMILES string of the molecule is O=C1NC(=Nc2ccccc2)S/C1=C\c1c(OCc2ccc(Cl)cc2)ccc2ccccc12. The smallest absolute Gasteiger partial charge is 0.264 e. The molecule has 0 spiro atoms. The molecule has 4 nitrogen and oxygen atoms in total. The first-order valence-corrected chi connectivity index (χ1v) is 11.6. The molecule has 1 aliphatic heterocycles. The zero-order valence-electron chi connectivity index (χ0n) is 17.5. The summed E-state index contributed by atoms with van der Waals surface area (Å²) in [6, 6.07) is 29.2. The highest BCUT2D eigenvalue weighted by Gasteiger charge is 2.24. The van der Waals surface area contributed by atoms with E-state index in [2.05, 4.69) is 10.3 Å². The van der Waals surface area contributed by atoms with Gasteiger partial charge in [-0.15, -0.1) is 0 Å². The third kappa shape index (κ3) is 4.95. The second-order valence-corrected chi connectivity index (χ2v) is 8.90. The van der Waals surface area contributed by atoms with Gasteiger partial charge in [-0.05, 0) is 64.5 Å². The van der Waals surface area contributed by atoms with Crippen molar-refractivity contribution in [1.82, 2.24) is 5.32 Å². The molecule has 1 fully saturated rings. The summed E-state index contributed by atoms with van der Waals surface area (Å²) in [6.07, 6.45) is 1.88. The highest BCUT2D eigenvalue weighted by Crippen LogP contribution is 2.35. The lowest BCUT2D eigenvalue weighted by Crippen LogP contribution is -2.19. The molecule has 6 heteroatoms. The van der Waals surface area contributed by atoms with Crippen molar-refractivity contribution in [2.45, 2.75) is 6.61 Å². The molecule has 0 radical (unpaired) electrons. The molecule has 0 unspecified atom stereocenters. The number of amides is 1. The number of hydrogen-bond acceptors (Lipinski definition) is 4. The van der Waals surface area contributed by atoms with Crippen LogP contribution in [-0.2, 0) is 11.4 Å². The van der Waals surface area contributed by atoms with Gasteiger partial charge in [0.15, 0.2) is 5.17 Å². The lowest BCUT2D eigenvalue weighted by atomic mass is 10.0. The minimum Gasteiger partial charge on any atom is -0.488 e. The number of nitrogens with one attached hydrogen (secondary N) is 1. The second-order valence-electron chi connectivity index (χ2n) is 7.43. The van der Waals surface area contributed by atoms with Crippen LogP contribution in [0.15, 0.2) is 101 Å². The van der Waals surface area contributed by atoms with Crippen LogP contribution < -0.4 is 10.1 Å². The molecular weight excluding hydrogens is 452 g/mol. The average molecular weight is 471 g/mol. The van der Waals surface area contributed by atoms with Crippen molar-refractivity contribution in [3.05, 3.63) is 112 Å². The van der Waals surface area contributed by atoms with Gasteiger partial charge >= 0.3 is 0 Å². The first kappa shape index (κ1) is 21.3. The Bertz CT molecular complexity index is 1380. The number of thioether (sulfide) groups is 1. The summed E-state index contributed by atoms with van der Waals surface area (Å²) in [5.74, 6) is 0.532. The van der Waals surface area contributed by atoms with Crippen molar-refractivity contribution in [1.29, 1.82) is 0 Å². The Morgan fingerprint density at radius 2 is 1.67 bits per heavy atom. The Kier molecular flexibility index (Phi) is 6.15. The van der Waals surface area contributed by atoms with Gasteiger partial charge in [-0.25, -0.2) is 4.99 Å². The third-order valence-electron chi connectivity index (χ3n) is 5.15. The van der Waals surface area contributed by atoms with Gasteiger partial charge in [0, 0.05) is 10.6 Å². The Hall–Kier alpha value is -3.54. The number of amidine groups is 1. The highest BCUT2D eigenvalue weighted by atomic mass is 35.5. The first-order chi connectivity index (χ1) is 16.2. The molecule has 1 aliphatic rings. The molecule has 1 amide bonds. The van der Waals surface area contributed by atoms with Crippen molar-refractivity contribution in [3.63, 3.8) is 0 Å². The number of carbonyl (C=O) groups is 1. The summed E-state index contributed by atoms with van der Waals surface area (Å²) >= 11 is 7.31. The number of aliphatic imine (C=N–C) groups is 1. The van der Waals surface area contributed by atoms with Crippen molar-refractivity contribution in [2.75, 3.05) is 0 Å². The minimum absolute atomic E-state index is 0.175. The topological polar surface area (TPSA) is 50.7 Å². The Labute approximate surface area is 201 Å². The molecular formula is C27H19ClN2O2S. The largest absolute Gasteiger partial charge is 0.488 e. The Morgan fingerprint density at radius 1 is 0.909 bits per heavy atom. The van der Waals surface area contributed by atoms with Gasteiger partial charge in [-0.3, -0.25) is 4.79 Å². The van der Waals surface area contributed by atoms with E-state index in [9.17, 15) is 4.79 Å². The van der Waals surface area contributed by atoms with Gasteiger partial charge in [0.2, 0.25) is 0 Å². The molecule has 0 bridgehead atoms. The van der Waals surface area contributed by atoms with E-state index in [1.165, 1.54) is 11.8 Å². The molecule has 0 aromatic heterocycles. The molecule has 162 valence electrons. The van der Waals surface area contributed by atoms with Crippen LogP contribution in [0.1, 0.15) is 11.1 Å². The maximum Gasteiger partial charge on any atom is 0.264 e. The van der Waals surface area contributed by atoms with Gasteiger partial charge < -0.3 is 10.1 Å². The zero-order valence-corrected chi connectivity index (χ0v) is 19.1. The maximum atomic E-state index is 12.7. The van der Waals surface area contributed by atoms with Crippen molar-refractivity contribution < 1.29 is 9.53 Å². The molecule has 0 atom stereocenters. The van der Waals surface area contributed by atoms with E-state index < -0.39 is 0 Å². The van der Waals surface area contributed by atoms with Gasteiger partial charge in [-0.1, -0.05) is 72.3 Å². The molecule has 0 aliphatic carbocycles. The van der Waals surface area contributed by atoms with Crippen molar-refractivity contribution in [2.24, 2.45) is 4.99 Å². The Morgan fingerprint density at radius 3 is 2.48 bits per heavy atom. The molecule has 33 heavy (non-hydrogen) atoms. The van der Waals surface area contributed by atoms with Gasteiger partial charge in [0.1, 0.15) is 12.4 Å². The maximum absolute atomic E-state index is 12.7. The van der Waals surface area contributed by atoms with Crippen LogP contribution in [0, 0.1) is 0 Å². The van der Waals surface area contributed by atoms with E-state index in [0.717, 1.165) is 27.6 Å². The highest BCUT2D eigenvalue weighted by molar-refractivity contribution is 8.18. The summed E-state index contributed by atoms with van der Waals surface area (Å²) in [5.41, 5.74) is 2.66. The number of carbonyl (C=O) groups excluding carboxylic acids is 1. The van der Waals surface area contributed by atoms with Crippen LogP contribution in [0.5, 0.6) is 5.75 Å². The predicted molar refractivity (Wildman–Crippen MR) is 137 cm³/mol. The minimum atomic E-state index is -0.175. The van der Waals surface area contributed by atoms with E-state index in [-0.39, 0.29) is 5.91 Å². The van der Waals surface area contributed by atoms with E-state index in [4.69, 9.17) is 16.3 Å². The molecule has 1 heterocycles. The van der Waals surface area contributed by atoms with Crippen LogP contribution in [0.2, 0.25) is 5.02 Å². The molecule has 0 saturated carbocycles. The fourth-order valence-corrected chi connectivity index (χ4v) is 4.47. The fraction of sp³-hybridized carbons (Fsp3) is 0.0370. The normalized spacial score (nSPS) is 15.8. The quantitative estimate of drug-likeness (QED) is 0.320. The fourth-order valence-electron chi connectivity index (χ4n) is 3.52. The summed E-state index contributed by atoms with van der Waals surface area (Å²) in [7, 11) is 0. The number of fused-ring (bicyclic) bond motifs is 1. The van der Waals surface area contributed by atoms with Crippen LogP contribution in [0.25, 0.3) is 16.8 Å². The zero-order chi connectivity index (χ0) is 22.6. The van der Waals surface area contributed by atoms with Gasteiger partial charge in [0.05, 0.1) is 10.6 Å². The number of nitrogens with zero attached hydrogens (tertiary/aromatic N) is 1. The van der Waals surface area contributed by atoms with Crippen LogP contribution in [0.3, 0.4) is 0 Å². The summed E-state index contributed by atoms with van der Waals surface area (Å²) in [5, 5.41) is 6.19. The van der Waals surface area contributed by atoms with Crippen LogP contribution in [0.4, 0.5) is 5.69 Å². The number of benzene rings is 4. The molecule has 1 N–H and O–H groups in total. The number of rotatable bonds is 5. The number of para-hydroxylation sites is 1. The van der Waals surface area contributed by atoms with E-state index >= 15 is 0 Å². The molecule has 1 saturated heterocycles. The Balaban J connectivity index is 1.49. The van der Waals surface area contributed by atoms with E-state index in [0.29, 0.717) is 27.5 Å². The summed E-state index contributed by atoms with van der Waals surface area (Å²) < 4.78 is 6.18.